The van der Waals surface area contributed by atoms with Crippen molar-refractivity contribution in [3.05, 3.63) is 23.8 Å². The van der Waals surface area contributed by atoms with Crippen molar-refractivity contribution in [1.29, 1.82) is 0 Å². The highest BCUT2D eigenvalue weighted by Gasteiger charge is 2.17. The van der Waals surface area contributed by atoms with Gasteiger partial charge in [0.15, 0.2) is 11.5 Å². The quantitative estimate of drug-likeness (QED) is 0.747. The maximum absolute atomic E-state index is 12.2. The van der Waals surface area contributed by atoms with Crippen LogP contribution in [0.15, 0.2) is 18.2 Å². The number of benzene rings is 1. The second kappa shape index (κ2) is 8.78. The zero-order valence-corrected chi connectivity index (χ0v) is 13.9. The third-order valence-corrected chi connectivity index (χ3v) is 4.17. The fourth-order valence-corrected chi connectivity index (χ4v) is 2.67. The van der Waals surface area contributed by atoms with Crippen LogP contribution in [0.4, 0.5) is 0 Å². The molecular formula is C16H24ClNO3. The first-order valence-electron chi connectivity index (χ1n) is 7.21. The van der Waals surface area contributed by atoms with Crippen molar-refractivity contribution in [2.45, 2.75) is 32.1 Å². The van der Waals surface area contributed by atoms with Gasteiger partial charge in [0.25, 0.3) is 5.91 Å². The number of rotatable bonds is 8. The summed E-state index contributed by atoms with van der Waals surface area (Å²) in [5.74, 6) is 1.39. The van der Waals surface area contributed by atoms with E-state index in [1.54, 1.807) is 32.4 Å². The highest BCUT2D eigenvalue weighted by molar-refractivity contribution is 6.21. The molecule has 1 aromatic carbocycles. The number of methoxy groups -OCH3 is 2. The van der Waals surface area contributed by atoms with Gasteiger partial charge >= 0.3 is 0 Å². The van der Waals surface area contributed by atoms with Crippen LogP contribution in [0.2, 0.25) is 0 Å². The van der Waals surface area contributed by atoms with Crippen LogP contribution < -0.4 is 14.8 Å². The van der Waals surface area contributed by atoms with Gasteiger partial charge in [0.2, 0.25) is 0 Å². The summed E-state index contributed by atoms with van der Waals surface area (Å²) in [6.07, 6.45) is 2.02. The lowest BCUT2D eigenvalue weighted by Crippen LogP contribution is -2.33. The Hall–Kier alpha value is -1.42. The first-order chi connectivity index (χ1) is 10.1. The van der Waals surface area contributed by atoms with Crippen LogP contribution >= 0.6 is 11.6 Å². The Balaban J connectivity index is 2.68. The molecule has 0 bridgehead atoms. The monoisotopic (exact) mass is 313 g/mol. The number of halogens is 1. The summed E-state index contributed by atoms with van der Waals surface area (Å²) >= 11 is 6.33. The minimum absolute atomic E-state index is 0.0518. The van der Waals surface area contributed by atoms with E-state index in [1.165, 1.54) is 0 Å². The van der Waals surface area contributed by atoms with Crippen molar-refractivity contribution >= 4 is 17.5 Å². The van der Waals surface area contributed by atoms with Gasteiger partial charge < -0.3 is 14.8 Å². The van der Waals surface area contributed by atoms with Gasteiger partial charge in [0.05, 0.1) is 19.6 Å². The summed E-state index contributed by atoms with van der Waals surface area (Å²) in [4.78, 5) is 12.2. The van der Waals surface area contributed by atoms with Crippen LogP contribution in [-0.4, -0.2) is 32.0 Å². The molecule has 0 radical (unpaired) electrons. The fourth-order valence-electron chi connectivity index (χ4n) is 2.24. The number of amides is 1. The predicted octanol–water partition coefficient (Wildman–Crippen LogP) is 3.48. The summed E-state index contributed by atoms with van der Waals surface area (Å²) < 4.78 is 10.3. The predicted molar refractivity (Wildman–Crippen MR) is 85.6 cm³/mol. The first kappa shape index (κ1) is 17.6. The van der Waals surface area contributed by atoms with E-state index in [2.05, 4.69) is 19.2 Å². The molecule has 0 aromatic heterocycles. The Morgan fingerprint density at radius 1 is 1.19 bits per heavy atom. The molecule has 1 rings (SSSR count). The van der Waals surface area contributed by atoms with E-state index in [-0.39, 0.29) is 11.3 Å². The van der Waals surface area contributed by atoms with E-state index in [0.717, 1.165) is 12.8 Å². The van der Waals surface area contributed by atoms with E-state index in [1.807, 2.05) is 0 Å². The third kappa shape index (κ3) is 4.81. The van der Waals surface area contributed by atoms with Crippen molar-refractivity contribution in [2.24, 2.45) is 5.92 Å². The summed E-state index contributed by atoms with van der Waals surface area (Å²) in [6, 6.07) is 5.08. The van der Waals surface area contributed by atoms with Gasteiger partial charge in [-0.25, -0.2) is 0 Å². The smallest absolute Gasteiger partial charge is 0.251 e. The number of carbonyl (C=O) groups excluding carboxylic acids is 1. The van der Waals surface area contributed by atoms with E-state index < -0.39 is 0 Å². The molecule has 1 atom stereocenters. The summed E-state index contributed by atoms with van der Waals surface area (Å²) in [5.41, 5.74) is 0.529. The van der Waals surface area contributed by atoms with Crippen molar-refractivity contribution in [3.8, 4) is 11.5 Å². The fraction of sp³-hybridized carbons (Fsp3) is 0.562. The molecule has 1 amide bonds. The normalized spacial score (nSPS) is 12.1. The van der Waals surface area contributed by atoms with Gasteiger partial charge in [-0.1, -0.05) is 26.7 Å². The van der Waals surface area contributed by atoms with Crippen molar-refractivity contribution < 1.29 is 14.3 Å². The molecule has 0 saturated carbocycles. The van der Waals surface area contributed by atoms with Crippen LogP contribution in [0.1, 0.15) is 37.0 Å². The molecule has 0 aliphatic carbocycles. The van der Waals surface area contributed by atoms with Crippen molar-refractivity contribution in [3.63, 3.8) is 0 Å². The number of nitrogens with one attached hydrogen (secondary N) is 1. The highest BCUT2D eigenvalue weighted by atomic mass is 35.5. The van der Waals surface area contributed by atoms with Crippen molar-refractivity contribution in [1.82, 2.24) is 5.32 Å². The molecular weight excluding hydrogens is 290 g/mol. The zero-order chi connectivity index (χ0) is 15.8. The molecule has 0 spiro atoms. The Morgan fingerprint density at radius 3 is 2.33 bits per heavy atom. The molecule has 21 heavy (non-hydrogen) atoms. The van der Waals surface area contributed by atoms with E-state index in [4.69, 9.17) is 21.1 Å². The average molecular weight is 314 g/mol. The molecule has 0 fully saturated rings. The van der Waals surface area contributed by atoms with Crippen LogP contribution in [0.5, 0.6) is 11.5 Å². The minimum atomic E-state index is -0.160. The number of carbonyl (C=O) groups is 1. The standard InChI is InChI=1S/C16H24ClNO3/c1-5-11(6-2)13(17)10-18-16(19)12-7-8-14(20-3)15(9-12)21-4/h7-9,11,13H,5-6,10H2,1-4H3,(H,18,19). The van der Waals surface area contributed by atoms with E-state index in [0.29, 0.717) is 29.5 Å². The average Bonchev–Trinajstić information content (AvgIpc) is 2.52. The Labute approximate surface area is 131 Å². The number of hydrogen-bond acceptors (Lipinski definition) is 3. The first-order valence-corrected chi connectivity index (χ1v) is 7.65. The van der Waals surface area contributed by atoms with Crippen LogP contribution in [0.3, 0.4) is 0 Å². The largest absolute Gasteiger partial charge is 0.493 e. The second-order valence-corrected chi connectivity index (χ2v) is 5.43. The van der Waals surface area contributed by atoms with Gasteiger partial charge in [0.1, 0.15) is 0 Å². The topological polar surface area (TPSA) is 47.6 Å². The zero-order valence-electron chi connectivity index (χ0n) is 13.1. The molecule has 0 heterocycles. The Kier molecular flexibility index (Phi) is 7.37. The summed E-state index contributed by atoms with van der Waals surface area (Å²) in [7, 11) is 3.10. The Morgan fingerprint density at radius 2 is 1.81 bits per heavy atom. The van der Waals surface area contributed by atoms with Gasteiger partial charge in [-0.05, 0) is 24.1 Å². The van der Waals surface area contributed by atoms with Crippen molar-refractivity contribution in [2.75, 3.05) is 20.8 Å². The summed E-state index contributed by atoms with van der Waals surface area (Å²) in [5, 5.41) is 2.82. The minimum Gasteiger partial charge on any atom is -0.493 e. The SMILES string of the molecule is CCC(CC)C(Cl)CNC(=O)c1ccc(OC)c(OC)c1. The van der Waals surface area contributed by atoms with Gasteiger partial charge in [-0.3, -0.25) is 4.79 Å². The highest BCUT2D eigenvalue weighted by Crippen LogP contribution is 2.27. The van der Waals surface area contributed by atoms with E-state index >= 15 is 0 Å². The molecule has 1 unspecified atom stereocenters. The number of hydrogen-bond donors (Lipinski definition) is 1. The van der Waals surface area contributed by atoms with Crippen LogP contribution in [-0.2, 0) is 0 Å². The molecule has 118 valence electrons. The maximum atomic E-state index is 12.2. The molecule has 0 saturated heterocycles. The lowest BCUT2D eigenvalue weighted by atomic mass is 9.99. The van der Waals surface area contributed by atoms with Gasteiger partial charge in [0, 0.05) is 12.1 Å². The third-order valence-electron chi connectivity index (χ3n) is 3.66. The maximum Gasteiger partial charge on any atom is 0.251 e. The Bertz CT molecular complexity index is 461. The van der Waals surface area contributed by atoms with Gasteiger partial charge in [-0.15, -0.1) is 11.6 Å². The molecule has 1 N–H and O–H groups in total. The number of ether oxygens (including phenoxy) is 2. The molecule has 0 aliphatic heterocycles. The van der Waals surface area contributed by atoms with Crippen LogP contribution in [0.25, 0.3) is 0 Å². The second-order valence-electron chi connectivity index (χ2n) is 4.87. The lowest BCUT2D eigenvalue weighted by molar-refractivity contribution is 0.0951. The molecule has 4 nitrogen and oxygen atoms in total. The number of alkyl halides is 1. The molecule has 1 aromatic rings. The van der Waals surface area contributed by atoms with E-state index in [9.17, 15) is 4.79 Å². The van der Waals surface area contributed by atoms with Gasteiger partial charge in [-0.2, -0.15) is 0 Å². The van der Waals surface area contributed by atoms with Crippen LogP contribution in [0, 0.1) is 5.92 Å². The summed E-state index contributed by atoms with van der Waals surface area (Å²) in [6.45, 7) is 4.68. The molecule has 5 heteroatoms. The lowest BCUT2D eigenvalue weighted by Gasteiger charge is -2.19. The molecule has 0 aliphatic rings.